The van der Waals surface area contributed by atoms with Crippen LogP contribution < -0.4 is 5.32 Å². The highest BCUT2D eigenvalue weighted by molar-refractivity contribution is 5.81. The number of hydrogen-bond donors (Lipinski definition) is 1. The Labute approximate surface area is 148 Å². The van der Waals surface area contributed by atoms with E-state index in [1.807, 2.05) is 27.7 Å². The molecule has 2 atom stereocenters. The van der Waals surface area contributed by atoms with Crippen molar-refractivity contribution in [2.45, 2.75) is 91.9 Å². The molecule has 0 aromatic heterocycles. The molecule has 0 bridgehead atoms. The molecule has 2 unspecified atom stereocenters. The summed E-state index contributed by atoms with van der Waals surface area (Å²) < 4.78 is 0. The molecule has 4 nitrogen and oxygen atoms in total. The van der Waals surface area contributed by atoms with Gasteiger partial charge in [0, 0.05) is 37.6 Å². The highest BCUT2D eigenvalue weighted by Crippen LogP contribution is 2.10. The minimum absolute atomic E-state index is 0.0710. The molecule has 0 aliphatic heterocycles. The maximum atomic E-state index is 11.7. The van der Waals surface area contributed by atoms with Gasteiger partial charge in [0.2, 0.25) is 5.91 Å². The first-order valence-corrected chi connectivity index (χ1v) is 9.74. The molecule has 0 radical (unpaired) electrons. The van der Waals surface area contributed by atoms with Crippen molar-refractivity contribution in [3.63, 3.8) is 0 Å². The zero-order valence-electron chi connectivity index (χ0n) is 16.2. The molecule has 0 aliphatic rings. The minimum atomic E-state index is 0.0710. The molecule has 1 amide bonds. The first-order chi connectivity index (χ1) is 11.4. The van der Waals surface area contributed by atoms with Gasteiger partial charge in [-0.25, -0.2) is 0 Å². The number of carbonyl (C=O) groups excluding carboxylic acids is 3. The molecule has 4 heteroatoms. The van der Waals surface area contributed by atoms with E-state index in [0.717, 1.165) is 44.9 Å². The van der Waals surface area contributed by atoms with Crippen LogP contribution in [0, 0.1) is 11.8 Å². The zero-order chi connectivity index (χ0) is 18.4. The van der Waals surface area contributed by atoms with Crippen LogP contribution in [0.4, 0.5) is 0 Å². The number of unbranched alkanes of at least 4 members (excludes halogenated alkanes) is 3. The van der Waals surface area contributed by atoms with Crippen LogP contribution in [0.2, 0.25) is 0 Å². The van der Waals surface area contributed by atoms with Gasteiger partial charge >= 0.3 is 0 Å². The van der Waals surface area contributed by atoms with E-state index in [-0.39, 0.29) is 17.7 Å². The predicted molar refractivity (Wildman–Crippen MR) is 98.9 cm³/mol. The smallest absolute Gasteiger partial charge is 0.219 e. The first kappa shape index (κ1) is 22.8. The van der Waals surface area contributed by atoms with Crippen molar-refractivity contribution in [3.8, 4) is 0 Å². The Morgan fingerprint density at radius 1 is 0.708 bits per heavy atom. The van der Waals surface area contributed by atoms with E-state index in [1.165, 1.54) is 0 Å². The van der Waals surface area contributed by atoms with E-state index in [9.17, 15) is 14.4 Å². The van der Waals surface area contributed by atoms with Crippen molar-refractivity contribution in [1.29, 1.82) is 0 Å². The third-order valence-electron chi connectivity index (χ3n) is 4.82. The summed E-state index contributed by atoms with van der Waals surface area (Å²) in [5.41, 5.74) is 0. The molecule has 0 saturated carbocycles. The maximum Gasteiger partial charge on any atom is 0.219 e. The Hall–Kier alpha value is -1.19. The number of nitrogens with one attached hydrogen (secondary N) is 1. The summed E-state index contributed by atoms with van der Waals surface area (Å²) >= 11 is 0. The van der Waals surface area contributed by atoms with Crippen LogP contribution in [-0.2, 0) is 14.4 Å². The van der Waals surface area contributed by atoms with Gasteiger partial charge < -0.3 is 5.32 Å². The second-order valence-corrected chi connectivity index (χ2v) is 6.92. The van der Waals surface area contributed by atoms with Crippen molar-refractivity contribution in [1.82, 2.24) is 5.32 Å². The van der Waals surface area contributed by atoms with E-state index in [1.54, 1.807) is 0 Å². The van der Waals surface area contributed by atoms with Gasteiger partial charge in [0.1, 0.15) is 11.6 Å². The molecular formula is C20H37NO3. The Morgan fingerprint density at radius 3 is 1.67 bits per heavy atom. The second-order valence-electron chi connectivity index (χ2n) is 6.92. The molecule has 0 spiro atoms. The fourth-order valence-corrected chi connectivity index (χ4v) is 2.45. The molecule has 0 heterocycles. The van der Waals surface area contributed by atoms with Gasteiger partial charge in [0.05, 0.1) is 0 Å². The third kappa shape index (κ3) is 11.4. The normalized spacial score (nSPS) is 13.3. The summed E-state index contributed by atoms with van der Waals surface area (Å²) in [7, 11) is 0. The number of amides is 1. The van der Waals surface area contributed by atoms with Gasteiger partial charge in [-0.05, 0) is 38.5 Å². The van der Waals surface area contributed by atoms with Gasteiger partial charge in [0.25, 0.3) is 0 Å². The lowest BCUT2D eigenvalue weighted by Gasteiger charge is -2.08. The number of Topliss-reactive ketones (excluding diaryl/α,β-unsaturated/α-hetero) is 2. The topological polar surface area (TPSA) is 63.2 Å². The molecule has 0 aromatic rings. The summed E-state index contributed by atoms with van der Waals surface area (Å²) in [6.45, 7) is 8.70. The number of hydrogen-bond acceptors (Lipinski definition) is 3. The largest absolute Gasteiger partial charge is 0.356 e. The van der Waals surface area contributed by atoms with Crippen molar-refractivity contribution < 1.29 is 14.4 Å². The Morgan fingerprint density at radius 2 is 1.17 bits per heavy atom. The van der Waals surface area contributed by atoms with Crippen LogP contribution in [0.5, 0.6) is 0 Å². The lowest BCUT2D eigenvalue weighted by Crippen LogP contribution is -2.24. The number of ketones is 2. The van der Waals surface area contributed by atoms with E-state index in [0.29, 0.717) is 37.4 Å². The lowest BCUT2D eigenvalue weighted by molar-refractivity contribution is -0.123. The monoisotopic (exact) mass is 339 g/mol. The summed E-state index contributed by atoms with van der Waals surface area (Å²) in [4.78, 5) is 35.0. The Balaban J connectivity index is 3.51. The summed E-state index contributed by atoms with van der Waals surface area (Å²) in [5.74, 6) is 1.06. The minimum Gasteiger partial charge on any atom is -0.356 e. The van der Waals surface area contributed by atoms with Crippen LogP contribution >= 0.6 is 0 Å². The molecular weight excluding hydrogens is 302 g/mol. The average Bonchev–Trinajstić information content (AvgIpc) is 2.59. The van der Waals surface area contributed by atoms with Crippen molar-refractivity contribution in [2.24, 2.45) is 11.8 Å². The van der Waals surface area contributed by atoms with Crippen LogP contribution in [-0.4, -0.2) is 24.0 Å². The maximum absolute atomic E-state index is 11.7. The highest BCUT2D eigenvalue weighted by Gasteiger charge is 2.11. The highest BCUT2D eigenvalue weighted by atomic mass is 16.1. The summed E-state index contributed by atoms with van der Waals surface area (Å²) in [5, 5.41) is 2.92. The SMILES string of the molecule is CCC(C)C(=O)CCCCCNC(=O)CCCCC(=O)C(C)CC. The molecule has 0 saturated heterocycles. The van der Waals surface area contributed by atoms with Gasteiger partial charge in [-0.15, -0.1) is 0 Å². The molecule has 0 aromatic carbocycles. The van der Waals surface area contributed by atoms with Gasteiger partial charge in [-0.3, -0.25) is 14.4 Å². The predicted octanol–water partition coefficient (Wildman–Crippen LogP) is 4.45. The zero-order valence-corrected chi connectivity index (χ0v) is 16.2. The van der Waals surface area contributed by atoms with Gasteiger partial charge in [-0.2, -0.15) is 0 Å². The van der Waals surface area contributed by atoms with Crippen LogP contribution in [0.25, 0.3) is 0 Å². The van der Waals surface area contributed by atoms with Crippen molar-refractivity contribution in [2.75, 3.05) is 6.54 Å². The molecule has 0 fully saturated rings. The number of rotatable bonds is 15. The van der Waals surface area contributed by atoms with Crippen LogP contribution in [0.15, 0.2) is 0 Å². The summed E-state index contributed by atoms with van der Waals surface area (Å²) in [6.07, 6.45) is 7.94. The molecule has 24 heavy (non-hydrogen) atoms. The van der Waals surface area contributed by atoms with Gasteiger partial charge in [-0.1, -0.05) is 34.1 Å². The van der Waals surface area contributed by atoms with Crippen LogP contribution in [0.1, 0.15) is 91.9 Å². The van der Waals surface area contributed by atoms with E-state index >= 15 is 0 Å². The second kappa shape index (κ2) is 14.2. The quantitative estimate of drug-likeness (QED) is 0.448. The lowest BCUT2D eigenvalue weighted by atomic mass is 9.98. The van der Waals surface area contributed by atoms with Crippen molar-refractivity contribution in [3.05, 3.63) is 0 Å². The third-order valence-corrected chi connectivity index (χ3v) is 4.82. The van der Waals surface area contributed by atoms with Gasteiger partial charge in [0.15, 0.2) is 0 Å². The molecule has 140 valence electrons. The molecule has 0 aliphatic carbocycles. The van der Waals surface area contributed by atoms with E-state index in [2.05, 4.69) is 5.32 Å². The Kier molecular flexibility index (Phi) is 13.5. The molecule has 0 rings (SSSR count). The average molecular weight is 340 g/mol. The fraction of sp³-hybridized carbons (Fsp3) is 0.850. The van der Waals surface area contributed by atoms with E-state index < -0.39 is 0 Å². The summed E-state index contributed by atoms with van der Waals surface area (Å²) in [6, 6.07) is 0. The molecule has 1 N–H and O–H groups in total. The van der Waals surface area contributed by atoms with Crippen molar-refractivity contribution >= 4 is 17.5 Å². The van der Waals surface area contributed by atoms with Crippen LogP contribution in [0.3, 0.4) is 0 Å². The first-order valence-electron chi connectivity index (χ1n) is 9.74. The standard InChI is InChI=1S/C20H37NO3/c1-5-16(3)18(22)12-8-7-11-15-21-20(24)14-10-9-13-19(23)17(4)6-2/h16-17H,5-15H2,1-4H3,(H,21,24). The van der Waals surface area contributed by atoms with E-state index in [4.69, 9.17) is 0 Å². The fourth-order valence-electron chi connectivity index (χ4n) is 2.45. The number of carbonyl (C=O) groups is 3. The Bertz CT molecular complexity index is 379.